The van der Waals surface area contributed by atoms with Crippen LogP contribution in [-0.2, 0) is 4.74 Å². The van der Waals surface area contributed by atoms with E-state index in [1.165, 1.54) is 0 Å². The number of aromatic nitrogens is 1. The normalized spacial score (nSPS) is 10.5. The van der Waals surface area contributed by atoms with Crippen LogP contribution in [0.2, 0.25) is 0 Å². The molecule has 0 spiro atoms. The van der Waals surface area contributed by atoms with E-state index in [0.717, 1.165) is 10.9 Å². The lowest BCUT2D eigenvalue weighted by Crippen LogP contribution is -2.15. The predicted octanol–water partition coefficient (Wildman–Crippen LogP) is 3.29. The number of nitrogens with one attached hydrogen (secondary N) is 2. The number of methoxy groups -OCH3 is 1. The molecule has 128 valence electrons. The Morgan fingerprint density at radius 2 is 2.08 bits per heavy atom. The van der Waals surface area contributed by atoms with E-state index >= 15 is 0 Å². The number of H-pyrrole nitrogens is 1. The zero-order valence-electron chi connectivity index (χ0n) is 14.0. The van der Waals surface area contributed by atoms with Crippen molar-refractivity contribution in [1.82, 2.24) is 0 Å². The first-order valence-electron chi connectivity index (χ1n) is 7.88. The van der Waals surface area contributed by atoms with E-state index in [-0.39, 0.29) is 12.4 Å². The molecule has 0 atom stereocenters. The van der Waals surface area contributed by atoms with Crippen molar-refractivity contribution in [2.24, 2.45) is 0 Å². The number of hydrogen-bond donors (Lipinski definition) is 2. The van der Waals surface area contributed by atoms with E-state index in [1.54, 1.807) is 44.5 Å². The lowest BCUT2D eigenvalue weighted by Gasteiger charge is -2.12. The molecule has 0 saturated heterocycles. The van der Waals surface area contributed by atoms with Gasteiger partial charge in [0.25, 0.3) is 0 Å². The summed E-state index contributed by atoms with van der Waals surface area (Å²) >= 11 is 0. The van der Waals surface area contributed by atoms with E-state index in [1.807, 2.05) is 18.2 Å². The Hall–Kier alpha value is -3.28. The van der Waals surface area contributed by atoms with Gasteiger partial charge in [-0.25, -0.2) is 9.78 Å². The number of benzene rings is 2. The summed E-state index contributed by atoms with van der Waals surface area (Å²) in [6.45, 7) is 2.04. The predicted molar refractivity (Wildman–Crippen MR) is 94.4 cm³/mol. The number of pyridine rings is 1. The van der Waals surface area contributed by atoms with Crippen LogP contribution >= 0.6 is 0 Å². The fourth-order valence-electron chi connectivity index (χ4n) is 2.58. The van der Waals surface area contributed by atoms with Crippen molar-refractivity contribution in [3.63, 3.8) is 0 Å². The molecule has 0 unspecified atom stereocenters. The first kappa shape index (κ1) is 16.6. The van der Waals surface area contributed by atoms with Crippen LogP contribution in [0.4, 0.5) is 11.4 Å². The van der Waals surface area contributed by atoms with Gasteiger partial charge in [-0.15, -0.1) is 0 Å². The van der Waals surface area contributed by atoms with Crippen molar-refractivity contribution in [1.29, 1.82) is 0 Å². The average Bonchev–Trinajstić information content (AvgIpc) is 2.61. The van der Waals surface area contributed by atoms with Gasteiger partial charge in [-0.3, -0.25) is 0 Å². The minimum atomic E-state index is -0.439. The molecule has 0 aliphatic rings. The van der Waals surface area contributed by atoms with Crippen LogP contribution in [0.15, 0.2) is 48.7 Å². The van der Waals surface area contributed by atoms with Gasteiger partial charge in [0.1, 0.15) is 17.1 Å². The van der Waals surface area contributed by atoms with Crippen LogP contribution < -0.4 is 15.0 Å². The molecule has 3 aromatic rings. The second-order valence-corrected chi connectivity index (χ2v) is 5.38. The Kier molecular flexibility index (Phi) is 4.70. The molecular formula is C19H19N2O4+. The topological polar surface area (TPSA) is 81.9 Å². The molecule has 0 aliphatic carbocycles. The first-order valence-corrected chi connectivity index (χ1v) is 7.88. The number of esters is 1. The van der Waals surface area contributed by atoms with Crippen LogP contribution in [0.25, 0.3) is 10.9 Å². The van der Waals surface area contributed by atoms with Crippen molar-refractivity contribution in [3.8, 4) is 11.5 Å². The molecule has 0 saturated carbocycles. The standard InChI is InChI=1S/C19H18N2O4/c1-3-25-19(23)16-11-20-17-8-7-14(24-2)10-15(17)18(16)21-12-5-4-6-13(22)9-12/h4-11,22H,3H2,1-2H3,(H,20,21)/p+1. The Morgan fingerprint density at radius 1 is 1.24 bits per heavy atom. The number of phenols is 1. The number of anilines is 2. The zero-order valence-corrected chi connectivity index (χ0v) is 14.0. The number of fused-ring (bicyclic) bond motifs is 1. The van der Waals surface area contributed by atoms with Gasteiger partial charge in [-0.1, -0.05) is 6.07 Å². The molecule has 3 rings (SSSR count). The molecule has 6 heteroatoms. The number of carbonyl (C=O) groups is 1. The second-order valence-electron chi connectivity index (χ2n) is 5.38. The SMILES string of the molecule is CCOC(=O)c1c[nH+]c2ccc(OC)cc2c1Nc1cccc(O)c1. The van der Waals surface area contributed by atoms with Gasteiger partial charge in [-0.05, 0) is 31.2 Å². The van der Waals surface area contributed by atoms with E-state index in [0.29, 0.717) is 22.7 Å². The number of ether oxygens (including phenoxy) is 2. The molecule has 25 heavy (non-hydrogen) atoms. The monoisotopic (exact) mass is 339 g/mol. The molecule has 1 aromatic heterocycles. The number of carbonyl (C=O) groups excluding carboxylic acids is 1. The van der Waals surface area contributed by atoms with Crippen molar-refractivity contribution in [2.75, 3.05) is 19.0 Å². The van der Waals surface area contributed by atoms with E-state index in [9.17, 15) is 9.90 Å². The molecule has 0 radical (unpaired) electrons. The Labute approximate surface area is 145 Å². The molecule has 0 fully saturated rings. The maximum absolute atomic E-state index is 12.4. The highest BCUT2D eigenvalue weighted by Gasteiger charge is 2.21. The summed E-state index contributed by atoms with van der Waals surface area (Å²) < 4.78 is 10.5. The summed E-state index contributed by atoms with van der Waals surface area (Å²) in [7, 11) is 1.59. The van der Waals surface area contributed by atoms with Crippen LogP contribution in [0.3, 0.4) is 0 Å². The minimum absolute atomic E-state index is 0.132. The Bertz CT molecular complexity index is 924. The Morgan fingerprint density at radius 3 is 2.80 bits per heavy atom. The quantitative estimate of drug-likeness (QED) is 0.697. The van der Waals surface area contributed by atoms with Crippen molar-refractivity contribution in [2.45, 2.75) is 6.92 Å². The highest BCUT2D eigenvalue weighted by atomic mass is 16.5. The summed E-state index contributed by atoms with van der Waals surface area (Å²) in [5.41, 5.74) is 2.43. The van der Waals surface area contributed by atoms with Crippen LogP contribution in [0.5, 0.6) is 11.5 Å². The number of aromatic amines is 1. The van der Waals surface area contributed by atoms with Gasteiger partial charge in [0.2, 0.25) is 5.52 Å². The molecule has 6 nitrogen and oxygen atoms in total. The summed E-state index contributed by atoms with van der Waals surface area (Å²) in [5, 5.41) is 13.7. The van der Waals surface area contributed by atoms with Gasteiger partial charge in [0.15, 0.2) is 6.20 Å². The third kappa shape index (κ3) is 3.47. The third-order valence-electron chi connectivity index (χ3n) is 3.75. The summed E-state index contributed by atoms with van der Waals surface area (Å²) in [6.07, 6.45) is 1.61. The van der Waals surface area contributed by atoms with Gasteiger partial charge >= 0.3 is 5.97 Å². The highest BCUT2D eigenvalue weighted by molar-refractivity contribution is 6.05. The van der Waals surface area contributed by atoms with Gasteiger partial charge in [0.05, 0.1) is 24.8 Å². The number of rotatable bonds is 5. The molecular weight excluding hydrogens is 320 g/mol. The maximum Gasteiger partial charge on any atom is 0.346 e. The van der Waals surface area contributed by atoms with Gasteiger partial charge in [-0.2, -0.15) is 0 Å². The summed E-state index contributed by atoms with van der Waals surface area (Å²) in [5.74, 6) is 0.360. The average molecular weight is 339 g/mol. The highest BCUT2D eigenvalue weighted by Crippen LogP contribution is 2.31. The molecule has 0 aliphatic heterocycles. The fraction of sp³-hybridized carbons (Fsp3) is 0.158. The molecule has 2 aromatic carbocycles. The Balaban J connectivity index is 2.18. The molecule has 0 amide bonds. The zero-order chi connectivity index (χ0) is 17.8. The van der Waals surface area contributed by atoms with Crippen LogP contribution in [-0.4, -0.2) is 24.8 Å². The lowest BCUT2D eigenvalue weighted by molar-refractivity contribution is -0.344. The minimum Gasteiger partial charge on any atom is -0.508 e. The van der Waals surface area contributed by atoms with E-state index in [2.05, 4.69) is 10.3 Å². The number of hydrogen-bond acceptors (Lipinski definition) is 5. The number of aromatic hydroxyl groups is 1. The van der Waals surface area contributed by atoms with Crippen LogP contribution in [0, 0.1) is 0 Å². The third-order valence-corrected chi connectivity index (χ3v) is 3.75. The largest absolute Gasteiger partial charge is 0.508 e. The molecule has 0 bridgehead atoms. The van der Waals surface area contributed by atoms with Crippen molar-refractivity contribution >= 4 is 28.2 Å². The smallest absolute Gasteiger partial charge is 0.346 e. The second kappa shape index (κ2) is 7.09. The lowest BCUT2D eigenvalue weighted by atomic mass is 10.1. The fourth-order valence-corrected chi connectivity index (χ4v) is 2.58. The van der Waals surface area contributed by atoms with Crippen molar-refractivity contribution in [3.05, 3.63) is 54.2 Å². The van der Waals surface area contributed by atoms with Crippen molar-refractivity contribution < 1.29 is 24.4 Å². The number of phenolic OH excluding ortho intramolecular Hbond substituents is 1. The molecule has 3 N–H and O–H groups in total. The summed E-state index contributed by atoms with van der Waals surface area (Å²) in [6, 6.07) is 12.2. The van der Waals surface area contributed by atoms with E-state index in [4.69, 9.17) is 9.47 Å². The maximum atomic E-state index is 12.4. The first-order chi connectivity index (χ1) is 12.1. The van der Waals surface area contributed by atoms with Gasteiger partial charge in [0, 0.05) is 17.8 Å². The van der Waals surface area contributed by atoms with Gasteiger partial charge < -0.3 is 19.9 Å². The van der Waals surface area contributed by atoms with E-state index < -0.39 is 5.97 Å². The molecule has 1 heterocycles. The summed E-state index contributed by atoms with van der Waals surface area (Å²) in [4.78, 5) is 15.5. The van der Waals surface area contributed by atoms with Crippen LogP contribution in [0.1, 0.15) is 17.3 Å².